The third-order valence-corrected chi connectivity index (χ3v) is 3.59. The van der Waals surface area contributed by atoms with Crippen LogP contribution in [0.2, 0.25) is 0 Å². The largest absolute Gasteiger partial charge is 0.479 e. The minimum atomic E-state index is -5.11. The maximum absolute atomic E-state index is 10.9. The summed E-state index contributed by atoms with van der Waals surface area (Å²) in [6.45, 7) is 1.23. The average Bonchev–Trinajstić information content (AvgIpc) is 2.14. The van der Waals surface area contributed by atoms with E-state index in [0.717, 1.165) is 0 Å². The van der Waals surface area contributed by atoms with Crippen molar-refractivity contribution in [3.63, 3.8) is 0 Å². The van der Waals surface area contributed by atoms with Crippen molar-refractivity contribution in [2.45, 2.75) is 11.8 Å². The highest BCUT2D eigenvalue weighted by atomic mass is 31.2. The van der Waals surface area contributed by atoms with Crippen LogP contribution < -0.4 is 5.32 Å². The zero-order valence-corrected chi connectivity index (χ0v) is 10.7. The van der Waals surface area contributed by atoms with Gasteiger partial charge in [0.1, 0.15) is 0 Å². The van der Waals surface area contributed by atoms with Gasteiger partial charge in [-0.25, -0.2) is 4.79 Å². The van der Waals surface area contributed by atoms with Gasteiger partial charge in [0.15, 0.2) is 0 Å². The number of hydrogen-bond donors (Lipinski definition) is 5. The molecule has 5 N–H and O–H groups in total. The van der Waals surface area contributed by atoms with Crippen LogP contribution in [0.25, 0.3) is 0 Å². The van der Waals surface area contributed by atoms with Gasteiger partial charge in [0, 0.05) is 19.5 Å². The van der Waals surface area contributed by atoms with Crippen molar-refractivity contribution in [1.29, 1.82) is 0 Å². The molecule has 0 aliphatic rings. The molecule has 0 saturated carbocycles. The highest BCUT2D eigenvalue weighted by Crippen LogP contribution is 2.50. The van der Waals surface area contributed by atoms with Crippen LogP contribution in [0, 0.1) is 0 Å². The lowest BCUT2D eigenvalue weighted by Gasteiger charge is -2.24. The van der Waals surface area contributed by atoms with Gasteiger partial charge in [-0.3, -0.25) is 4.57 Å². The molecule has 0 radical (unpaired) electrons. The SMILES string of the molecule is CN(C)CCNCCC(O)(C(=O)O)P(=O)(O)O. The molecule has 8 nitrogen and oxygen atoms in total. The van der Waals surface area contributed by atoms with Crippen LogP contribution in [0.1, 0.15) is 6.42 Å². The molecule has 1 unspecified atom stereocenters. The molecule has 0 aromatic carbocycles. The fraction of sp³-hybridized carbons (Fsp3) is 0.875. The van der Waals surface area contributed by atoms with Crippen LogP contribution in [-0.4, -0.2) is 69.9 Å². The lowest BCUT2D eigenvalue weighted by atomic mass is 10.2. The molecule has 0 spiro atoms. The second-order valence-electron chi connectivity index (χ2n) is 3.97. The molecule has 0 aromatic rings. The van der Waals surface area contributed by atoms with Crippen LogP contribution in [0.4, 0.5) is 0 Å². The maximum atomic E-state index is 10.9. The maximum Gasteiger partial charge on any atom is 0.368 e. The third-order valence-electron chi connectivity index (χ3n) is 2.21. The van der Waals surface area contributed by atoms with Gasteiger partial charge in [-0.05, 0) is 20.6 Å². The van der Waals surface area contributed by atoms with Crippen molar-refractivity contribution in [3.8, 4) is 0 Å². The van der Waals surface area contributed by atoms with Crippen LogP contribution in [0.5, 0.6) is 0 Å². The van der Waals surface area contributed by atoms with Crippen LogP contribution >= 0.6 is 7.60 Å². The minimum absolute atomic E-state index is 0.00174. The van der Waals surface area contributed by atoms with Crippen LogP contribution in [0.3, 0.4) is 0 Å². The summed E-state index contributed by atoms with van der Waals surface area (Å²) in [6, 6.07) is 0. The number of rotatable bonds is 8. The van der Waals surface area contributed by atoms with Gasteiger partial charge in [-0.2, -0.15) is 0 Å². The second kappa shape index (κ2) is 6.44. The molecule has 0 amide bonds. The molecular formula is C8H19N2O6P. The molecule has 0 fully saturated rings. The summed E-state index contributed by atoms with van der Waals surface area (Å²) >= 11 is 0. The summed E-state index contributed by atoms with van der Waals surface area (Å²) < 4.78 is 10.9. The van der Waals surface area contributed by atoms with E-state index >= 15 is 0 Å². The Hall–Kier alpha value is -0.500. The predicted octanol–water partition coefficient (Wildman–Crippen LogP) is -1.52. The number of carboxylic acid groups (broad SMARTS) is 1. The van der Waals surface area contributed by atoms with Gasteiger partial charge in [0.2, 0.25) is 0 Å². The number of aliphatic hydroxyl groups is 1. The fourth-order valence-corrected chi connectivity index (χ4v) is 1.72. The Morgan fingerprint density at radius 3 is 2.24 bits per heavy atom. The second-order valence-corrected chi connectivity index (χ2v) is 5.80. The molecule has 0 aliphatic carbocycles. The molecule has 0 aromatic heterocycles. The molecule has 0 rings (SSSR count). The first-order chi connectivity index (χ1) is 7.61. The van der Waals surface area contributed by atoms with E-state index < -0.39 is 25.3 Å². The van der Waals surface area contributed by atoms with Gasteiger partial charge in [0.05, 0.1) is 0 Å². The number of aliphatic carboxylic acids is 1. The normalized spacial score (nSPS) is 15.9. The molecule has 0 heterocycles. The zero-order valence-electron chi connectivity index (χ0n) is 9.83. The molecule has 9 heteroatoms. The summed E-state index contributed by atoms with van der Waals surface area (Å²) in [4.78, 5) is 30.1. The highest BCUT2D eigenvalue weighted by molar-refractivity contribution is 7.54. The Labute approximate surface area is 99.4 Å². The van der Waals surface area contributed by atoms with E-state index in [-0.39, 0.29) is 6.54 Å². The van der Waals surface area contributed by atoms with Crippen molar-refractivity contribution < 1.29 is 29.4 Å². The molecule has 102 valence electrons. The number of carboxylic acids is 1. The Kier molecular flexibility index (Phi) is 6.25. The number of hydrogen-bond acceptors (Lipinski definition) is 5. The van der Waals surface area contributed by atoms with E-state index in [2.05, 4.69) is 5.32 Å². The Morgan fingerprint density at radius 1 is 1.35 bits per heavy atom. The summed E-state index contributed by atoms with van der Waals surface area (Å²) in [5, 5.41) is 17.8. The first kappa shape index (κ1) is 16.5. The highest BCUT2D eigenvalue weighted by Gasteiger charge is 2.52. The van der Waals surface area contributed by atoms with Crippen LogP contribution in [0.15, 0.2) is 0 Å². The van der Waals surface area contributed by atoms with Crippen molar-refractivity contribution in [3.05, 3.63) is 0 Å². The van der Waals surface area contributed by atoms with E-state index in [9.17, 15) is 14.5 Å². The van der Waals surface area contributed by atoms with E-state index in [1.165, 1.54) is 0 Å². The number of likely N-dealkylation sites (N-methyl/N-ethyl adjacent to an activating group) is 1. The van der Waals surface area contributed by atoms with Crippen molar-refractivity contribution in [2.24, 2.45) is 0 Å². The monoisotopic (exact) mass is 270 g/mol. The zero-order chi connectivity index (χ0) is 13.7. The number of nitrogens with one attached hydrogen (secondary N) is 1. The minimum Gasteiger partial charge on any atom is -0.479 e. The van der Waals surface area contributed by atoms with Gasteiger partial charge >= 0.3 is 13.6 Å². The Morgan fingerprint density at radius 2 is 1.88 bits per heavy atom. The van der Waals surface area contributed by atoms with E-state index in [1.54, 1.807) is 0 Å². The quantitative estimate of drug-likeness (QED) is 0.265. The molecule has 0 aliphatic heterocycles. The number of nitrogens with zero attached hydrogens (tertiary/aromatic N) is 1. The summed E-state index contributed by atoms with van der Waals surface area (Å²) in [6.07, 6.45) is -0.556. The molecular weight excluding hydrogens is 251 g/mol. The topological polar surface area (TPSA) is 130 Å². The standard InChI is InChI=1S/C8H19N2O6P/c1-10(2)6-5-9-4-3-8(13,7(11)12)17(14,15)16/h9,13H,3-6H2,1-2H3,(H,11,12)(H2,14,15,16). The first-order valence-corrected chi connectivity index (χ1v) is 6.59. The molecule has 0 saturated heterocycles. The molecule has 1 atom stereocenters. The lowest BCUT2D eigenvalue weighted by Crippen LogP contribution is -2.41. The first-order valence-electron chi connectivity index (χ1n) is 4.98. The third kappa shape index (κ3) is 5.12. The van der Waals surface area contributed by atoms with Crippen molar-refractivity contribution in [2.75, 3.05) is 33.7 Å². The van der Waals surface area contributed by atoms with Gasteiger partial charge < -0.3 is 30.2 Å². The lowest BCUT2D eigenvalue weighted by molar-refractivity contribution is -0.151. The smallest absolute Gasteiger partial charge is 0.368 e. The molecule has 0 bridgehead atoms. The summed E-state index contributed by atoms with van der Waals surface area (Å²) in [5.41, 5.74) is 0. The van der Waals surface area contributed by atoms with E-state index in [0.29, 0.717) is 13.1 Å². The van der Waals surface area contributed by atoms with Gasteiger partial charge in [0.25, 0.3) is 5.34 Å². The fourth-order valence-electron chi connectivity index (χ4n) is 1.07. The average molecular weight is 270 g/mol. The van der Waals surface area contributed by atoms with Crippen molar-refractivity contribution >= 4 is 13.6 Å². The molecule has 17 heavy (non-hydrogen) atoms. The van der Waals surface area contributed by atoms with E-state index in [1.807, 2.05) is 19.0 Å². The van der Waals surface area contributed by atoms with Crippen LogP contribution in [-0.2, 0) is 9.36 Å². The summed E-state index contributed by atoms with van der Waals surface area (Å²) in [7, 11) is -1.40. The van der Waals surface area contributed by atoms with Gasteiger partial charge in [-0.15, -0.1) is 0 Å². The Balaban J connectivity index is 4.22. The van der Waals surface area contributed by atoms with Gasteiger partial charge in [-0.1, -0.05) is 0 Å². The Bertz CT molecular complexity index is 304. The predicted molar refractivity (Wildman–Crippen MR) is 60.7 cm³/mol. The van der Waals surface area contributed by atoms with E-state index in [4.69, 9.17) is 14.9 Å². The van der Waals surface area contributed by atoms with Crippen molar-refractivity contribution in [1.82, 2.24) is 10.2 Å². The number of carbonyl (C=O) groups is 1. The summed E-state index contributed by atoms with van der Waals surface area (Å²) in [5.74, 6) is -1.92.